The van der Waals surface area contributed by atoms with Gasteiger partial charge in [-0.25, -0.2) is 0 Å². The highest BCUT2D eigenvalue weighted by atomic mass is 35.5. The molecule has 106 valence electrons. The van der Waals surface area contributed by atoms with Gasteiger partial charge in [-0.3, -0.25) is 4.79 Å². The molecular weight excluding hydrogens is 264 g/mol. The van der Waals surface area contributed by atoms with E-state index in [4.69, 9.17) is 4.74 Å². The van der Waals surface area contributed by atoms with Crippen LogP contribution in [0.5, 0.6) is 0 Å². The van der Waals surface area contributed by atoms with E-state index in [1.807, 2.05) is 19.1 Å². The van der Waals surface area contributed by atoms with Crippen LogP contribution in [0.4, 0.5) is 0 Å². The average molecular weight is 285 g/mol. The summed E-state index contributed by atoms with van der Waals surface area (Å²) < 4.78 is 5.42. The minimum atomic E-state index is -0.369. The van der Waals surface area contributed by atoms with Gasteiger partial charge in [-0.2, -0.15) is 0 Å². The smallest absolute Gasteiger partial charge is 0.250 e. The van der Waals surface area contributed by atoms with Gasteiger partial charge in [-0.1, -0.05) is 29.8 Å². The van der Waals surface area contributed by atoms with Gasteiger partial charge in [0.15, 0.2) is 0 Å². The van der Waals surface area contributed by atoms with Crippen LogP contribution in [0, 0.1) is 6.92 Å². The summed E-state index contributed by atoms with van der Waals surface area (Å²) in [6, 6.07) is 8.19. The fourth-order valence-corrected chi connectivity index (χ4v) is 1.98. The molecule has 0 aromatic heterocycles. The summed E-state index contributed by atoms with van der Waals surface area (Å²) in [7, 11) is 0. The van der Waals surface area contributed by atoms with Crippen molar-refractivity contribution in [2.45, 2.75) is 26.0 Å². The molecule has 1 saturated heterocycles. The number of hydrogen-bond acceptors (Lipinski definition) is 3. The molecule has 1 fully saturated rings. The second kappa shape index (κ2) is 7.48. The average Bonchev–Trinajstić information content (AvgIpc) is 2.40. The lowest BCUT2D eigenvalue weighted by atomic mass is 10.1. The standard InChI is InChI=1S/C14H20N2O2.ClH/c1-10-3-5-12(6-4-10)11(2)16-14(17)13-9-15-7-8-18-13;/h3-6,11,13,15H,7-9H2,1-2H3,(H,16,17);1H. The van der Waals surface area contributed by atoms with E-state index < -0.39 is 0 Å². The molecular formula is C14H21ClN2O2. The summed E-state index contributed by atoms with van der Waals surface area (Å²) in [6.45, 7) is 6.04. The molecule has 1 amide bonds. The lowest BCUT2D eigenvalue weighted by Crippen LogP contribution is -2.48. The monoisotopic (exact) mass is 284 g/mol. The summed E-state index contributed by atoms with van der Waals surface area (Å²) in [5, 5.41) is 6.13. The first-order valence-electron chi connectivity index (χ1n) is 6.36. The van der Waals surface area contributed by atoms with E-state index in [-0.39, 0.29) is 30.5 Å². The molecule has 4 nitrogen and oxygen atoms in total. The third-order valence-corrected chi connectivity index (χ3v) is 3.16. The molecule has 5 heteroatoms. The van der Waals surface area contributed by atoms with E-state index in [2.05, 4.69) is 29.7 Å². The van der Waals surface area contributed by atoms with E-state index in [9.17, 15) is 4.79 Å². The minimum absolute atomic E-state index is 0. The Morgan fingerprint density at radius 3 is 2.68 bits per heavy atom. The molecule has 2 N–H and O–H groups in total. The molecule has 1 heterocycles. The highest BCUT2D eigenvalue weighted by Crippen LogP contribution is 2.13. The molecule has 2 rings (SSSR count). The van der Waals surface area contributed by atoms with Crippen LogP contribution < -0.4 is 10.6 Å². The summed E-state index contributed by atoms with van der Waals surface area (Å²) in [5.74, 6) is -0.0460. The number of nitrogens with one attached hydrogen (secondary N) is 2. The minimum Gasteiger partial charge on any atom is -0.366 e. The van der Waals surface area contributed by atoms with Crippen molar-refractivity contribution < 1.29 is 9.53 Å². The number of carbonyl (C=O) groups excluding carboxylic acids is 1. The van der Waals surface area contributed by atoms with Gasteiger partial charge < -0.3 is 15.4 Å². The number of carbonyl (C=O) groups is 1. The Hall–Kier alpha value is -1.10. The Morgan fingerprint density at radius 2 is 2.11 bits per heavy atom. The van der Waals surface area contributed by atoms with E-state index in [0.29, 0.717) is 13.2 Å². The fraction of sp³-hybridized carbons (Fsp3) is 0.500. The Labute approximate surface area is 120 Å². The summed E-state index contributed by atoms with van der Waals surface area (Å²) in [4.78, 5) is 12.0. The van der Waals surface area contributed by atoms with E-state index >= 15 is 0 Å². The van der Waals surface area contributed by atoms with Crippen LogP contribution >= 0.6 is 12.4 Å². The molecule has 0 spiro atoms. The number of amides is 1. The van der Waals surface area contributed by atoms with Crippen molar-refractivity contribution in [1.29, 1.82) is 0 Å². The molecule has 2 unspecified atom stereocenters. The molecule has 19 heavy (non-hydrogen) atoms. The first kappa shape index (κ1) is 16.0. The second-order valence-electron chi connectivity index (χ2n) is 4.70. The molecule has 0 radical (unpaired) electrons. The number of ether oxygens (including phenoxy) is 1. The number of aryl methyl sites for hydroxylation is 1. The molecule has 1 aliphatic heterocycles. The van der Waals surface area contributed by atoms with Gasteiger partial charge >= 0.3 is 0 Å². The number of morpholine rings is 1. The SMILES string of the molecule is Cc1ccc(C(C)NC(=O)C2CNCCO2)cc1.Cl. The Bertz CT molecular complexity index is 402. The van der Waals surface area contributed by atoms with Gasteiger partial charge in [0.25, 0.3) is 5.91 Å². The lowest BCUT2D eigenvalue weighted by Gasteiger charge is -2.24. The van der Waals surface area contributed by atoms with Crippen LogP contribution in [0.3, 0.4) is 0 Å². The molecule has 0 saturated carbocycles. The van der Waals surface area contributed by atoms with Gasteiger partial charge in [0.1, 0.15) is 6.10 Å². The van der Waals surface area contributed by atoms with Crippen LogP contribution in [-0.2, 0) is 9.53 Å². The number of benzene rings is 1. The van der Waals surface area contributed by atoms with Crippen LogP contribution in [0.2, 0.25) is 0 Å². The van der Waals surface area contributed by atoms with E-state index in [1.54, 1.807) is 0 Å². The Kier molecular flexibility index (Phi) is 6.28. The van der Waals surface area contributed by atoms with Crippen molar-refractivity contribution in [3.8, 4) is 0 Å². The van der Waals surface area contributed by atoms with E-state index in [0.717, 1.165) is 12.1 Å². The molecule has 2 atom stereocenters. The first-order chi connectivity index (χ1) is 8.66. The number of rotatable bonds is 3. The zero-order chi connectivity index (χ0) is 13.0. The Balaban J connectivity index is 0.00000180. The molecule has 1 aliphatic rings. The molecule has 1 aromatic rings. The maximum Gasteiger partial charge on any atom is 0.250 e. The quantitative estimate of drug-likeness (QED) is 0.886. The molecule has 0 aliphatic carbocycles. The first-order valence-corrected chi connectivity index (χ1v) is 6.36. The predicted molar refractivity (Wildman–Crippen MR) is 77.6 cm³/mol. The van der Waals surface area contributed by atoms with Crippen molar-refractivity contribution in [2.75, 3.05) is 19.7 Å². The summed E-state index contributed by atoms with van der Waals surface area (Å²) in [5.41, 5.74) is 2.33. The molecule has 0 bridgehead atoms. The summed E-state index contributed by atoms with van der Waals surface area (Å²) in [6.07, 6.45) is -0.369. The van der Waals surface area contributed by atoms with Gasteiger partial charge in [-0.05, 0) is 19.4 Å². The third-order valence-electron chi connectivity index (χ3n) is 3.16. The maximum absolute atomic E-state index is 12.0. The van der Waals surface area contributed by atoms with Gasteiger partial charge in [-0.15, -0.1) is 12.4 Å². The van der Waals surface area contributed by atoms with Crippen molar-refractivity contribution in [1.82, 2.24) is 10.6 Å². The van der Waals surface area contributed by atoms with Gasteiger partial charge in [0.05, 0.1) is 12.6 Å². The molecule has 1 aromatic carbocycles. The zero-order valence-corrected chi connectivity index (χ0v) is 12.1. The van der Waals surface area contributed by atoms with Crippen LogP contribution in [0.15, 0.2) is 24.3 Å². The fourth-order valence-electron chi connectivity index (χ4n) is 1.98. The van der Waals surface area contributed by atoms with Crippen LogP contribution in [-0.4, -0.2) is 31.7 Å². The number of halogens is 1. The maximum atomic E-state index is 12.0. The normalized spacial score (nSPS) is 20.2. The lowest BCUT2D eigenvalue weighted by molar-refractivity contribution is -0.134. The topological polar surface area (TPSA) is 50.4 Å². The third kappa shape index (κ3) is 4.49. The largest absolute Gasteiger partial charge is 0.366 e. The Morgan fingerprint density at radius 1 is 1.42 bits per heavy atom. The predicted octanol–water partition coefficient (Wildman–Crippen LogP) is 1.58. The van der Waals surface area contributed by atoms with Crippen molar-refractivity contribution in [3.05, 3.63) is 35.4 Å². The second-order valence-corrected chi connectivity index (χ2v) is 4.70. The van der Waals surface area contributed by atoms with Gasteiger partial charge in [0.2, 0.25) is 0 Å². The van der Waals surface area contributed by atoms with Crippen LogP contribution in [0.25, 0.3) is 0 Å². The number of hydrogen-bond donors (Lipinski definition) is 2. The van der Waals surface area contributed by atoms with Crippen molar-refractivity contribution in [3.63, 3.8) is 0 Å². The highest BCUT2D eigenvalue weighted by Gasteiger charge is 2.23. The summed E-state index contributed by atoms with van der Waals surface area (Å²) >= 11 is 0. The van der Waals surface area contributed by atoms with Gasteiger partial charge in [0, 0.05) is 13.1 Å². The van der Waals surface area contributed by atoms with E-state index in [1.165, 1.54) is 5.56 Å². The highest BCUT2D eigenvalue weighted by molar-refractivity contribution is 5.85. The van der Waals surface area contributed by atoms with Crippen LogP contribution in [0.1, 0.15) is 24.1 Å². The van der Waals surface area contributed by atoms with Crippen molar-refractivity contribution in [2.24, 2.45) is 0 Å². The zero-order valence-electron chi connectivity index (χ0n) is 11.3. The van der Waals surface area contributed by atoms with Crippen molar-refractivity contribution >= 4 is 18.3 Å².